The third kappa shape index (κ3) is 5.86. The lowest BCUT2D eigenvalue weighted by atomic mass is 10.0. The number of unbranched alkanes of at least 4 members (excludes halogenated alkanes) is 1. The van der Waals surface area contributed by atoms with Crippen molar-refractivity contribution in [2.45, 2.75) is 26.2 Å². The Balaban J connectivity index is 0.000000491. The summed E-state index contributed by atoms with van der Waals surface area (Å²) in [6.45, 7) is 0.326. The number of amides is 2. The van der Waals surface area contributed by atoms with E-state index in [-0.39, 0.29) is 11.8 Å². The van der Waals surface area contributed by atoms with Gasteiger partial charge in [-0.15, -0.1) is 33.2 Å². The van der Waals surface area contributed by atoms with Crippen molar-refractivity contribution >= 4 is 57.5 Å². The van der Waals surface area contributed by atoms with Crippen LogP contribution in [-0.2, 0) is 9.59 Å². The molecule has 4 nitrogen and oxygen atoms in total. The van der Waals surface area contributed by atoms with Gasteiger partial charge in [0.05, 0.1) is 5.69 Å². The fraction of sp³-hybridized carbons (Fsp3) is 0.385. The van der Waals surface area contributed by atoms with Gasteiger partial charge in [0, 0.05) is 0 Å². The van der Waals surface area contributed by atoms with Gasteiger partial charge in [0.1, 0.15) is 5.92 Å². The van der Waals surface area contributed by atoms with Gasteiger partial charge < -0.3 is 0 Å². The smallest absolute Gasteiger partial charge is 0.272 e. The molecule has 1 N–H and O–H groups in total. The first-order valence-electron chi connectivity index (χ1n) is 6.59. The van der Waals surface area contributed by atoms with Crippen molar-refractivity contribution in [2.75, 3.05) is 5.01 Å². The van der Waals surface area contributed by atoms with Gasteiger partial charge in [-0.2, -0.15) is 0 Å². The molecule has 1 aromatic carbocycles. The standard InChI is InChI=1S/C13H16N2O2.Cl3HSi/c1-2-3-9-11-12(16)14-15(13(11)17)10-7-5-4-6-8-10;1-4(2)3/h4-8,11H,2-3,9H2,1H3,(H,14,16);4H. The number of halogens is 3. The second kappa shape index (κ2) is 9.30. The molecule has 1 unspecified atom stereocenters. The number of hydrazine groups is 1. The molecule has 1 aromatic rings. The molecule has 1 atom stereocenters. The molecule has 1 saturated heterocycles. The maximum Gasteiger partial charge on any atom is 0.326 e. The molecule has 116 valence electrons. The number of rotatable bonds is 4. The minimum absolute atomic E-state index is 0.144. The van der Waals surface area contributed by atoms with Crippen molar-refractivity contribution in [3.05, 3.63) is 30.3 Å². The normalized spacial score (nSPS) is 17.6. The average molecular weight is 368 g/mol. The summed E-state index contributed by atoms with van der Waals surface area (Å²) in [5.74, 6) is -0.850. The molecule has 0 aliphatic carbocycles. The van der Waals surface area contributed by atoms with Gasteiger partial charge in [-0.05, 0) is 18.6 Å². The highest BCUT2D eigenvalue weighted by atomic mass is 35.8. The Morgan fingerprint density at radius 3 is 2.29 bits per heavy atom. The van der Waals surface area contributed by atoms with Crippen molar-refractivity contribution in [1.82, 2.24) is 5.43 Å². The lowest BCUT2D eigenvalue weighted by molar-refractivity contribution is -0.127. The molecule has 21 heavy (non-hydrogen) atoms. The van der Waals surface area contributed by atoms with Crippen LogP contribution < -0.4 is 10.4 Å². The topological polar surface area (TPSA) is 49.4 Å². The Morgan fingerprint density at radius 2 is 1.76 bits per heavy atom. The fourth-order valence-corrected chi connectivity index (χ4v) is 1.94. The maximum atomic E-state index is 12.1. The Hall–Kier alpha value is -0.753. The van der Waals surface area contributed by atoms with Gasteiger partial charge in [0.2, 0.25) is 0 Å². The summed E-state index contributed by atoms with van der Waals surface area (Å²) < 4.78 is 0. The summed E-state index contributed by atoms with van der Waals surface area (Å²) in [5.41, 5.74) is 3.34. The van der Waals surface area contributed by atoms with Gasteiger partial charge in [-0.1, -0.05) is 38.0 Å². The summed E-state index contributed by atoms with van der Waals surface area (Å²) in [5, 5.41) is 1.35. The molecular formula is C13H17Cl3N2O2Si. The summed E-state index contributed by atoms with van der Waals surface area (Å²) in [6.07, 6.45) is 2.51. The van der Waals surface area contributed by atoms with Gasteiger partial charge in [0.25, 0.3) is 11.8 Å². The van der Waals surface area contributed by atoms with E-state index >= 15 is 0 Å². The second-order valence-corrected chi connectivity index (χ2v) is 10.9. The second-order valence-electron chi connectivity index (χ2n) is 4.43. The number of carbonyl (C=O) groups excluding carboxylic acids is 2. The van der Waals surface area contributed by atoms with E-state index in [0.717, 1.165) is 12.8 Å². The van der Waals surface area contributed by atoms with E-state index in [1.165, 1.54) is 5.01 Å². The Morgan fingerprint density at radius 1 is 1.19 bits per heavy atom. The predicted octanol–water partition coefficient (Wildman–Crippen LogP) is 3.29. The Kier molecular flexibility index (Phi) is 8.10. The van der Waals surface area contributed by atoms with Crippen LogP contribution in [0.5, 0.6) is 0 Å². The van der Waals surface area contributed by atoms with E-state index in [1.54, 1.807) is 12.1 Å². The SMILES string of the molecule is CCCCC1C(=O)NN(c2ccccc2)C1=O.Cl[SiH](Cl)Cl. The van der Waals surface area contributed by atoms with Gasteiger partial charge in [-0.25, -0.2) is 5.01 Å². The van der Waals surface area contributed by atoms with E-state index in [4.69, 9.17) is 33.2 Å². The zero-order valence-corrected chi connectivity index (χ0v) is 15.0. The first-order valence-corrected chi connectivity index (χ1v) is 11.8. The first kappa shape index (κ1) is 18.3. The molecule has 1 heterocycles. The average Bonchev–Trinajstić information content (AvgIpc) is 2.72. The van der Waals surface area contributed by atoms with Gasteiger partial charge in [0.15, 0.2) is 0 Å². The summed E-state index contributed by atoms with van der Waals surface area (Å²) >= 11 is 14.8. The number of nitrogens with one attached hydrogen (secondary N) is 1. The van der Waals surface area contributed by atoms with Crippen molar-refractivity contribution in [2.24, 2.45) is 5.92 Å². The molecule has 0 bridgehead atoms. The van der Waals surface area contributed by atoms with Crippen molar-refractivity contribution in [1.29, 1.82) is 0 Å². The molecule has 0 aromatic heterocycles. The summed E-state index contributed by atoms with van der Waals surface area (Å²) in [6, 6.07) is 9.17. The summed E-state index contributed by atoms with van der Waals surface area (Å²) in [4.78, 5) is 23.8. The largest absolute Gasteiger partial charge is 0.326 e. The highest BCUT2D eigenvalue weighted by Crippen LogP contribution is 2.22. The number of anilines is 1. The zero-order valence-electron chi connectivity index (χ0n) is 11.6. The Labute approximate surface area is 140 Å². The van der Waals surface area contributed by atoms with Crippen LogP contribution in [0.15, 0.2) is 30.3 Å². The molecule has 8 heteroatoms. The van der Waals surface area contributed by atoms with E-state index in [1.807, 2.05) is 25.1 Å². The lowest BCUT2D eigenvalue weighted by Gasteiger charge is -2.14. The lowest BCUT2D eigenvalue weighted by Crippen LogP contribution is -2.35. The van der Waals surface area contributed by atoms with Crippen LogP contribution in [0.1, 0.15) is 26.2 Å². The number of nitrogens with zero attached hydrogens (tertiary/aromatic N) is 1. The number of para-hydroxylation sites is 1. The van der Waals surface area contributed by atoms with Crippen molar-refractivity contribution in [3.8, 4) is 0 Å². The highest BCUT2D eigenvalue weighted by Gasteiger charge is 2.39. The van der Waals surface area contributed by atoms with Crippen LogP contribution in [-0.4, -0.2) is 18.5 Å². The molecule has 2 amide bonds. The molecular weight excluding hydrogens is 351 g/mol. The van der Waals surface area contributed by atoms with Crippen LogP contribution in [0, 0.1) is 5.92 Å². The number of benzene rings is 1. The molecule has 0 saturated carbocycles. The molecule has 2 rings (SSSR count). The number of hydrogen-bond donors (Lipinski definition) is 1. The minimum Gasteiger partial charge on any atom is -0.272 e. The molecule has 1 aliphatic heterocycles. The molecule has 1 fully saturated rings. The first-order chi connectivity index (χ1) is 9.97. The van der Waals surface area contributed by atoms with Crippen LogP contribution in [0.3, 0.4) is 0 Å². The van der Waals surface area contributed by atoms with E-state index < -0.39 is 12.6 Å². The third-order valence-corrected chi connectivity index (χ3v) is 2.92. The minimum atomic E-state index is -1.72. The highest BCUT2D eigenvalue weighted by molar-refractivity contribution is 7.54. The Bertz CT molecular complexity index is 471. The van der Waals surface area contributed by atoms with Crippen molar-refractivity contribution in [3.63, 3.8) is 0 Å². The number of carbonyl (C=O) groups is 2. The van der Waals surface area contributed by atoms with E-state index in [2.05, 4.69) is 5.43 Å². The molecule has 0 spiro atoms. The number of hydrogen-bond acceptors (Lipinski definition) is 2. The quantitative estimate of drug-likeness (QED) is 0.504. The van der Waals surface area contributed by atoms with Crippen LogP contribution in [0.2, 0.25) is 0 Å². The summed E-state index contributed by atoms with van der Waals surface area (Å²) in [7, 11) is 0. The van der Waals surface area contributed by atoms with E-state index in [0.29, 0.717) is 12.1 Å². The molecule has 0 radical (unpaired) electrons. The van der Waals surface area contributed by atoms with Crippen LogP contribution in [0.4, 0.5) is 5.69 Å². The zero-order chi connectivity index (χ0) is 15.8. The van der Waals surface area contributed by atoms with Crippen LogP contribution >= 0.6 is 33.2 Å². The predicted molar refractivity (Wildman–Crippen MR) is 89.8 cm³/mol. The van der Waals surface area contributed by atoms with E-state index in [9.17, 15) is 9.59 Å². The maximum absolute atomic E-state index is 12.1. The third-order valence-electron chi connectivity index (χ3n) is 2.92. The van der Waals surface area contributed by atoms with Gasteiger partial charge >= 0.3 is 6.73 Å². The monoisotopic (exact) mass is 366 g/mol. The fourth-order valence-electron chi connectivity index (χ4n) is 1.94. The van der Waals surface area contributed by atoms with Gasteiger partial charge in [-0.3, -0.25) is 15.0 Å². The van der Waals surface area contributed by atoms with Crippen molar-refractivity contribution < 1.29 is 9.59 Å². The molecule has 1 aliphatic rings. The van der Waals surface area contributed by atoms with Crippen LogP contribution in [0.25, 0.3) is 0 Å².